The number of hydrogen-bond donors (Lipinski definition) is 2. The maximum atomic E-state index is 11.7. The van der Waals surface area contributed by atoms with Crippen molar-refractivity contribution in [2.24, 2.45) is 0 Å². The molecule has 0 unspecified atom stereocenters. The smallest absolute Gasteiger partial charge is 0.156 e. The van der Waals surface area contributed by atoms with Crippen molar-refractivity contribution in [1.82, 2.24) is 0 Å². The van der Waals surface area contributed by atoms with Crippen LogP contribution in [0.1, 0.15) is 5.56 Å². The van der Waals surface area contributed by atoms with Gasteiger partial charge in [-0.15, -0.1) is 0 Å². The SMILES string of the molecule is O=C(CNc1ccccc1)Cc1ccc(O)cc1. The number of Topliss-reactive ketones (excluding diaryl/α,β-unsaturated/α-hetero) is 1. The molecule has 0 spiro atoms. The Labute approximate surface area is 106 Å². The van der Waals surface area contributed by atoms with Crippen molar-refractivity contribution in [3.8, 4) is 5.75 Å². The van der Waals surface area contributed by atoms with E-state index in [1.807, 2.05) is 30.3 Å². The number of rotatable bonds is 5. The van der Waals surface area contributed by atoms with Crippen molar-refractivity contribution in [1.29, 1.82) is 0 Å². The molecule has 18 heavy (non-hydrogen) atoms. The summed E-state index contributed by atoms with van der Waals surface area (Å²) in [5, 5.41) is 12.2. The zero-order chi connectivity index (χ0) is 12.8. The molecule has 2 rings (SSSR count). The third-order valence-electron chi connectivity index (χ3n) is 2.60. The van der Waals surface area contributed by atoms with Gasteiger partial charge in [0.05, 0.1) is 6.54 Å². The zero-order valence-electron chi connectivity index (χ0n) is 9.97. The van der Waals surface area contributed by atoms with Crippen LogP contribution in [0.3, 0.4) is 0 Å². The summed E-state index contributed by atoms with van der Waals surface area (Å²) in [5.41, 5.74) is 1.85. The fourth-order valence-electron chi connectivity index (χ4n) is 1.66. The van der Waals surface area contributed by atoms with Crippen molar-refractivity contribution in [2.45, 2.75) is 6.42 Å². The van der Waals surface area contributed by atoms with Crippen molar-refractivity contribution in [2.75, 3.05) is 11.9 Å². The highest BCUT2D eigenvalue weighted by Crippen LogP contribution is 2.10. The maximum absolute atomic E-state index is 11.7. The minimum Gasteiger partial charge on any atom is -0.508 e. The number of phenolic OH excluding ortho intramolecular Hbond substituents is 1. The van der Waals surface area contributed by atoms with Crippen molar-refractivity contribution in [3.05, 3.63) is 60.2 Å². The second-order valence-electron chi connectivity index (χ2n) is 4.10. The lowest BCUT2D eigenvalue weighted by Crippen LogP contribution is -2.15. The Morgan fingerprint density at radius 1 is 1.00 bits per heavy atom. The number of benzene rings is 2. The first kappa shape index (κ1) is 12.2. The van der Waals surface area contributed by atoms with E-state index >= 15 is 0 Å². The molecular formula is C15H15NO2. The van der Waals surface area contributed by atoms with Crippen LogP contribution in [-0.2, 0) is 11.2 Å². The van der Waals surface area contributed by atoms with Crippen LogP contribution in [0.5, 0.6) is 5.75 Å². The summed E-state index contributed by atoms with van der Waals surface area (Å²) in [7, 11) is 0. The highest BCUT2D eigenvalue weighted by molar-refractivity contribution is 5.84. The van der Waals surface area contributed by atoms with E-state index in [9.17, 15) is 4.79 Å². The topological polar surface area (TPSA) is 49.3 Å². The fraction of sp³-hybridized carbons (Fsp3) is 0.133. The summed E-state index contributed by atoms with van der Waals surface area (Å²) in [5.74, 6) is 0.332. The molecule has 0 fully saturated rings. The number of carbonyl (C=O) groups is 1. The van der Waals surface area contributed by atoms with Crippen molar-refractivity contribution >= 4 is 11.5 Å². The van der Waals surface area contributed by atoms with Crippen LogP contribution in [-0.4, -0.2) is 17.4 Å². The molecule has 2 N–H and O–H groups in total. The lowest BCUT2D eigenvalue weighted by molar-refractivity contribution is -0.116. The molecule has 0 aliphatic carbocycles. The number of anilines is 1. The van der Waals surface area contributed by atoms with Gasteiger partial charge in [-0.2, -0.15) is 0 Å². The third kappa shape index (κ3) is 3.63. The molecule has 92 valence electrons. The first-order valence-electron chi connectivity index (χ1n) is 5.82. The minimum atomic E-state index is 0.115. The Morgan fingerprint density at radius 3 is 2.33 bits per heavy atom. The molecule has 0 heterocycles. The van der Waals surface area contributed by atoms with E-state index < -0.39 is 0 Å². The lowest BCUT2D eigenvalue weighted by Gasteiger charge is -2.05. The molecule has 3 heteroatoms. The molecular weight excluding hydrogens is 226 g/mol. The van der Waals surface area contributed by atoms with Gasteiger partial charge in [-0.05, 0) is 29.8 Å². The van der Waals surface area contributed by atoms with Gasteiger partial charge in [0.2, 0.25) is 0 Å². The van der Waals surface area contributed by atoms with Crippen molar-refractivity contribution < 1.29 is 9.90 Å². The molecule has 0 saturated heterocycles. The quantitative estimate of drug-likeness (QED) is 0.846. The van der Waals surface area contributed by atoms with E-state index in [1.165, 1.54) is 0 Å². The molecule has 0 aromatic heterocycles. The Morgan fingerprint density at radius 2 is 1.67 bits per heavy atom. The van der Waals surface area contributed by atoms with Crippen LogP contribution < -0.4 is 5.32 Å². The number of nitrogens with one attached hydrogen (secondary N) is 1. The number of hydrogen-bond acceptors (Lipinski definition) is 3. The Hall–Kier alpha value is -2.29. The van der Waals surface area contributed by atoms with Crippen LogP contribution >= 0.6 is 0 Å². The van der Waals surface area contributed by atoms with E-state index in [-0.39, 0.29) is 11.5 Å². The molecule has 0 radical (unpaired) electrons. The van der Waals surface area contributed by atoms with E-state index in [0.29, 0.717) is 13.0 Å². The van der Waals surface area contributed by atoms with E-state index in [2.05, 4.69) is 5.32 Å². The number of ketones is 1. The van der Waals surface area contributed by atoms with Gasteiger partial charge in [-0.1, -0.05) is 30.3 Å². The highest BCUT2D eigenvalue weighted by atomic mass is 16.3. The summed E-state index contributed by atoms with van der Waals surface area (Å²) < 4.78 is 0. The molecule has 0 aliphatic heterocycles. The number of carbonyl (C=O) groups excluding carboxylic acids is 1. The van der Waals surface area contributed by atoms with Gasteiger partial charge in [0.1, 0.15) is 5.75 Å². The second kappa shape index (κ2) is 5.87. The zero-order valence-corrected chi connectivity index (χ0v) is 9.97. The number of aromatic hydroxyl groups is 1. The average molecular weight is 241 g/mol. The van der Waals surface area contributed by atoms with Crippen LogP contribution in [0.4, 0.5) is 5.69 Å². The summed E-state index contributed by atoms with van der Waals surface area (Å²) >= 11 is 0. The third-order valence-corrected chi connectivity index (χ3v) is 2.60. The number of phenols is 1. The minimum absolute atomic E-state index is 0.115. The predicted octanol–water partition coefficient (Wildman–Crippen LogP) is 2.62. The maximum Gasteiger partial charge on any atom is 0.156 e. The van der Waals surface area contributed by atoms with Crippen LogP contribution in [0.25, 0.3) is 0 Å². The van der Waals surface area contributed by atoms with Gasteiger partial charge < -0.3 is 10.4 Å². The molecule has 0 saturated carbocycles. The van der Waals surface area contributed by atoms with Crippen molar-refractivity contribution in [3.63, 3.8) is 0 Å². The Balaban J connectivity index is 1.84. The highest BCUT2D eigenvalue weighted by Gasteiger charge is 2.03. The molecule has 0 atom stereocenters. The van der Waals surface area contributed by atoms with Crippen LogP contribution in [0.15, 0.2) is 54.6 Å². The Kier molecular flexibility index (Phi) is 3.97. The first-order valence-corrected chi connectivity index (χ1v) is 5.82. The van der Waals surface area contributed by atoms with Gasteiger partial charge in [0, 0.05) is 12.1 Å². The van der Waals surface area contributed by atoms with Gasteiger partial charge in [0.15, 0.2) is 5.78 Å². The molecule has 0 amide bonds. The fourth-order valence-corrected chi connectivity index (χ4v) is 1.66. The predicted molar refractivity (Wildman–Crippen MR) is 71.7 cm³/mol. The van der Waals surface area contributed by atoms with Crippen LogP contribution in [0.2, 0.25) is 0 Å². The molecule has 3 nitrogen and oxygen atoms in total. The van der Waals surface area contributed by atoms with Gasteiger partial charge in [-0.3, -0.25) is 4.79 Å². The average Bonchev–Trinajstić information content (AvgIpc) is 2.40. The van der Waals surface area contributed by atoms with Gasteiger partial charge in [0.25, 0.3) is 0 Å². The largest absolute Gasteiger partial charge is 0.508 e. The standard InChI is InChI=1S/C15H15NO2/c17-14-8-6-12(7-9-14)10-15(18)11-16-13-4-2-1-3-5-13/h1-9,16-17H,10-11H2. The number of para-hydroxylation sites is 1. The normalized spacial score (nSPS) is 10.0. The second-order valence-corrected chi connectivity index (χ2v) is 4.10. The van der Waals surface area contributed by atoms with E-state index in [0.717, 1.165) is 11.3 Å². The van der Waals surface area contributed by atoms with Gasteiger partial charge in [-0.25, -0.2) is 0 Å². The van der Waals surface area contributed by atoms with Crippen LogP contribution in [0, 0.1) is 0 Å². The van der Waals surface area contributed by atoms with E-state index in [4.69, 9.17) is 5.11 Å². The monoisotopic (exact) mass is 241 g/mol. The lowest BCUT2D eigenvalue weighted by atomic mass is 10.1. The first-order chi connectivity index (χ1) is 8.74. The molecule has 0 bridgehead atoms. The van der Waals surface area contributed by atoms with Gasteiger partial charge >= 0.3 is 0 Å². The summed E-state index contributed by atoms with van der Waals surface area (Å²) in [4.78, 5) is 11.7. The molecule has 2 aromatic carbocycles. The van der Waals surface area contributed by atoms with E-state index in [1.54, 1.807) is 24.3 Å². The summed E-state index contributed by atoms with van der Waals surface area (Å²) in [6, 6.07) is 16.3. The summed E-state index contributed by atoms with van der Waals surface area (Å²) in [6.45, 7) is 0.310. The summed E-state index contributed by atoms with van der Waals surface area (Å²) in [6.07, 6.45) is 0.375. The molecule has 0 aliphatic rings. The Bertz CT molecular complexity index is 506. The molecule has 2 aromatic rings.